The number of nitrogens with one attached hydrogen (secondary N) is 2. The summed E-state index contributed by atoms with van der Waals surface area (Å²) in [5, 5.41) is 3.37. The van der Waals surface area contributed by atoms with Crippen LogP contribution in [0, 0.1) is 5.92 Å². The highest BCUT2D eigenvalue weighted by Gasteiger charge is 2.03. The van der Waals surface area contributed by atoms with Crippen molar-refractivity contribution in [2.75, 3.05) is 6.54 Å². The van der Waals surface area contributed by atoms with Crippen LogP contribution in [0.4, 0.5) is 0 Å². The fourth-order valence-corrected chi connectivity index (χ4v) is 2.13. The van der Waals surface area contributed by atoms with Crippen molar-refractivity contribution in [1.82, 2.24) is 15.3 Å². The Hall–Kier alpha value is -1.13. The SMILES string of the molecule is CC(C)CNCc1ncc(-c2cccc(Br)c2)[nH]1. The van der Waals surface area contributed by atoms with Crippen molar-refractivity contribution in [2.24, 2.45) is 5.92 Å². The first-order valence-corrected chi connectivity index (χ1v) is 6.95. The molecule has 0 spiro atoms. The molecule has 2 rings (SSSR count). The lowest BCUT2D eigenvalue weighted by Crippen LogP contribution is -2.19. The van der Waals surface area contributed by atoms with Crippen molar-refractivity contribution >= 4 is 15.9 Å². The monoisotopic (exact) mass is 307 g/mol. The molecule has 0 radical (unpaired) electrons. The van der Waals surface area contributed by atoms with E-state index in [1.165, 1.54) is 0 Å². The van der Waals surface area contributed by atoms with Gasteiger partial charge in [0.2, 0.25) is 0 Å². The molecule has 2 N–H and O–H groups in total. The fourth-order valence-electron chi connectivity index (χ4n) is 1.73. The van der Waals surface area contributed by atoms with Gasteiger partial charge in [0.05, 0.1) is 18.4 Å². The van der Waals surface area contributed by atoms with Crippen LogP contribution in [0.5, 0.6) is 0 Å². The second kappa shape index (κ2) is 6.16. The maximum atomic E-state index is 4.39. The molecule has 3 nitrogen and oxygen atoms in total. The first-order valence-electron chi connectivity index (χ1n) is 6.15. The number of nitrogens with zero attached hydrogens (tertiary/aromatic N) is 1. The van der Waals surface area contributed by atoms with Gasteiger partial charge in [0.1, 0.15) is 5.82 Å². The van der Waals surface area contributed by atoms with Crippen LogP contribution in [0.2, 0.25) is 0 Å². The quantitative estimate of drug-likeness (QED) is 0.886. The Balaban J connectivity index is 2.02. The average molecular weight is 308 g/mol. The van der Waals surface area contributed by atoms with Crippen molar-refractivity contribution in [2.45, 2.75) is 20.4 Å². The van der Waals surface area contributed by atoms with Crippen LogP contribution < -0.4 is 5.32 Å². The number of imidazole rings is 1. The van der Waals surface area contributed by atoms with Gasteiger partial charge in [-0.1, -0.05) is 41.9 Å². The van der Waals surface area contributed by atoms with Gasteiger partial charge in [-0.15, -0.1) is 0 Å². The molecular formula is C14H18BrN3. The molecule has 1 aromatic carbocycles. The smallest absolute Gasteiger partial charge is 0.120 e. The molecule has 0 fully saturated rings. The first-order chi connectivity index (χ1) is 8.65. The summed E-state index contributed by atoms with van der Waals surface area (Å²) in [6.45, 7) is 6.18. The van der Waals surface area contributed by atoms with Gasteiger partial charge in [-0.3, -0.25) is 0 Å². The molecule has 0 saturated carbocycles. The Kier molecular flexibility index (Phi) is 4.55. The molecule has 4 heteroatoms. The molecule has 18 heavy (non-hydrogen) atoms. The largest absolute Gasteiger partial charge is 0.341 e. The third-order valence-corrected chi connectivity index (χ3v) is 3.10. The molecule has 96 valence electrons. The lowest BCUT2D eigenvalue weighted by atomic mass is 10.2. The minimum atomic E-state index is 0.657. The third kappa shape index (κ3) is 3.68. The minimum absolute atomic E-state index is 0.657. The molecule has 0 unspecified atom stereocenters. The van der Waals surface area contributed by atoms with Crippen molar-refractivity contribution in [3.05, 3.63) is 40.8 Å². The Morgan fingerprint density at radius 1 is 1.39 bits per heavy atom. The Bertz CT molecular complexity index is 505. The summed E-state index contributed by atoms with van der Waals surface area (Å²) in [6.07, 6.45) is 1.88. The van der Waals surface area contributed by atoms with E-state index in [4.69, 9.17) is 0 Å². The van der Waals surface area contributed by atoms with Gasteiger partial charge in [-0.25, -0.2) is 4.98 Å². The summed E-state index contributed by atoms with van der Waals surface area (Å²) in [4.78, 5) is 7.72. The highest BCUT2D eigenvalue weighted by molar-refractivity contribution is 9.10. The van der Waals surface area contributed by atoms with E-state index in [0.717, 1.165) is 34.6 Å². The normalized spacial score (nSPS) is 11.1. The molecule has 2 aromatic rings. The van der Waals surface area contributed by atoms with Crippen LogP contribution in [-0.4, -0.2) is 16.5 Å². The number of halogens is 1. The summed E-state index contributed by atoms with van der Waals surface area (Å²) >= 11 is 3.48. The maximum absolute atomic E-state index is 4.39. The van der Waals surface area contributed by atoms with Crippen LogP contribution in [0.3, 0.4) is 0 Å². The van der Waals surface area contributed by atoms with E-state index in [0.29, 0.717) is 5.92 Å². The fraction of sp³-hybridized carbons (Fsp3) is 0.357. The van der Waals surface area contributed by atoms with E-state index >= 15 is 0 Å². The van der Waals surface area contributed by atoms with E-state index in [1.807, 2.05) is 18.3 Å². The zero-order chi connectivity index (χ0) is 13.0. The molecule has 0 bridgehead atoms. The summed E-state index contributed by atoms with van der Waals surface area (Å²) in [5.41, 5.74) is 2.20. The lowest BCUT2D eigenvalue weighted by molar-refractivity contribution is 0.545. The van der Waals surface area contributed by atoms with Gasteiger partial charge in [0.15, 0.2) is 0 Å². The molecule has 0 aliphatic carbocycles. The zero-order valence-electron chi connectivity index (χ0n) is 10.7. The van der Waals surface area contributed by atoms with E-state index in [-0.39, 0.29) is 0 Å². The molecule has 0 saturated heterocycles. The Morgan fingerprint density at radius 3 is 2.94 bits per heavy atom. The molecule has 1 heterocycles. The molecule has 0 aliphatic rings. The van der Waals surface area contributed by atoms with Gasteiger partial charge < -0.3 is 10.3 Å². The van der Waals surface area contributed by atoms with Crippen molar-refractivity contribution in [3.8, 4) is 11.3 Å². The topological polar surface area (TPSA) is 40.7 Å². The predicted molar refractivity (Wildman–Crippen MR) is 78.3 cm³/mol. The minimum Gasteiger partial charge on any atom is -0.341 e. The first kappa shape index (κ1) is 13.3. The predicted octanol–water partition coefficient (Wildman–Crippen LogP) is 3.58. The molecule has 0 amide bonds. The van der Waals surface area contributed by atoms with Gasteiger partial charge >= 0.3 is 0 Å². The van der Waals surface area contributed by atoms with Gasteiger partial charge in [-0.2, -0.15) is 0 Å². The van der Waals surface area contributed by atoms with E-state index < -0.39 is 0 Å². The Labute approximate surface area is 116 Å². The zero-order valence-corrected chi connectivity index (χ0v) is 12.3. The molecule has 0 atom stereocenters. The number of rotatable bonds is 5. The summed E-state index contributed by atoms with van der Waals surface area (Å²) < 4.78 is 1.08. The number of hydrogen-bond acceptors (Lipinski definition) is 2. The number of benzene rings is 1. The van der Waals surface area contributed by atoms with Crippen LogP contribution in [0.15, 0.2) is 34.9 Å². The van der Waals surface area contributed by atoms with Crippen LogP contribution in [-0.2, 0) is 6.54 Å². The average Bonchev–Trinajstić information content (AvgIpc) is 2.77. The summed E-state index contributed by atoms with van der Waals surface area (Å²) in [5.74, 6) is 1.63. The van der Waals surface area contributed by atoms with Gasteiger partial charge in [0, 0.05) is 10.0 Å². The third-order valence-electron chi connectivity index (χ3n) is 2.61. The van der Waals surface area contributed by atoms with Crippen LogP contribution in [0.25, 0.3) is 11.3 Å². The molecule has 1 aromatic heterocycles. The van der Waals surface area contributed by atoms with Gasteiger partial charge in [0.25, 0.3) is 0 Å². The molecule has 0 aliphatic heterocycles. The summed E-state index contributed by atoms with van der Waals surface area (Å²) in [7, 11) is 0. The number of aromatic amines is 1. The van der Waals surface area contributed by atoms with Crippen molar-refractivity contribution in [3.63, 3.8) is 0 Å². The van der Waals surface area contributed by atoms with Crippen molar-refractivity contribution in [1.29, 1.82) is 0 Å². The lowest BCUT2D eigenvalue weighted by Gasteiger charge is -2.05. The summed E-state index contributed by atoms with van der Waals surface area (Å²) in [6, 6.07) is 8.20. The maximum Gasteiger partial charge on any atom is 0.120 e. The molecular weight excluding hydrogens is 290 g/mol. The number of aromatic nitrogens is 2. The number of H-pyrrole nitrogens is 1. The van der Waals surface area contributed by atoms with Crippen molar-refractivity contribution < 1.29 is 0 Å². The second-order valence-corrected chi connectivity index (χ2v) is 5.69. The van der Waals surface area contributed by atoms with Gasteiger partial charge in [-0.05, 0) is 24.6 Å². The highest BCUT2D eigenvalue weighted by Crippen LogP contribution is 2.21. The number of hydrogen-bond donors (Lipinski definition) is 2. The van der Waals surface area contributed by atoms with E-state index in [1.54, 1.807) is 0 Å². The highest BCUT2D eigenvalue weighted by atomic mass is 79.9. The van der Waals surface area contributed by atoms with Crippen LogP contribution >= 0.6 is 15.9 Å². The van der Waals surface area contributed by atoms with Crippen LogP contribution in [0.1, 0.15) is 19.7 Å². The standard InChI is InChI=1S/C14H18BrN3/c1-10(2)7-16-9-14-17-8-13(18-14)11-4-3-5-12(15)6-11/h3-6,8,10,16H,7,9H2,1-2H3,(H,17,18). The van der Waals surface area contributed by atoms with E-state index in [2.05, 4.69) is 57.2 Å². The van der Waals surface area contributed by atoms with E-state index in [9.17, 15) is 0 Å². The second-order valence-electron chi connectivity index (χ2n) is 4.78. The Morgan fingerprint density at radius 2 is 2.22 bits per heavy atom.